The summed E-state index contributed by atoms with van der Waals surface area (Å²) in [6.07, 6.45) is 0. The lowest BCUT2D eigenvalue weighted by Crippen LogP contribution is -1.97. The molecule has 0 aliphatic rings. The molecule has 0 spiro atoms. The van der Waals surface area contributed by atoms with Crippen molar-refractivity contribution >= 4 is 10.9 Å². The number of nitrogens with two attached hydrogens (primary N) is 1. The highest BCUT2D eigenvalue weighted by atomic mass is 14.7. The number of hydrogen-bond acceptors (Lipinski definition) is 2. The van der Waals surface area contributed by atoms with E-state index in [2.05, 4.69) is 43.3 Å². The van der Waals surface area contributed by atoms with Gasteiger partial charge in [-0.1, -0.05) is 42.5 Å². The summed E-state index contributed by atoms with van der Waals surface area (Å²) in [4.78, 5) is 4.73. The summed E-state index contributed by atoms with van der Waals surface area (Å²) in [5.74, 6) is 0. The minimum atomic E-state index is 0.576. The van der Waals surface area contributed by atoms with Crippen molar-refractivity contribution in [1.29, 1.82) is 0 Å². The number of aromatic nitrogens is 1. The van der Waals surface area contributed by atoms with E-state index in [9.17, 15) is 0 Å². The second-order valence-corrected chi connectivity index (χ2v) is 4.74. The number of hydrogen-bond donors (Lipinski definition) is 1. The van der Waals surface area contributed by atoms with Gasteiger partial charge in [-0.25, -0.2) is 4.98 Å². The molecule has 2 N–H and O–H groups in total. The number of rotatable bonds is 2. The first-order chi connectivity index (χ1) is 9.28. The summed E-state index contributed by atoms with van der Waals surface area (Å²) in [5, 5.41) is 1.17. The van der Waals surface area contributed by atoms with Gasteiger partial charge in [-0.05, 0) is 30.2 Å². The van der Waals surface area contributed by atoms with E-state index < -0.39 is 0 Å². The van der Waals surface area contributed by atoms with Crippen molar-refractivity contribution < 1.29 is 0 Å². The molecule has 2 heteroatoms. The van der Waals surface area contributed by atoms with Crippen LogP contribution in [0.25, 0.3) is 22.2 Å². The smallest absolute Gasteiger partial charge is 0.0712 e. The highest BCUT2D eigenvalue weighted by molar-refractivity contribution is 5.81. The Kier molecular flexibility index (Phi) is 3.02. The van der Waals surface area contributed by atoms with Crippen LogP contribution < -0.4 is 5.73 Å². The lowest BCUT2D eigenvalue weighted by molar-refractivity contribution is 1.07. The molecule has 0 saturated heterocycles. The van der Waals surface area contributed by atoms with Crippen molar-refractivity contribution in [2.45, 2.75) is 13.5 Å². The van der Waals surface area contributed by atoms with E-state index in [1.807, 2.05) is 18.2 Å². The number of pyridine rings is 1. The molecule has 0 saturated carbocycles. The second kappa shape index (κ2) is 4.82. The third-order valence-electron chi connectivity index (χ3n) is 3.40. The Bertz CT molecular complexity index is 732. The molecule has 1 heterocycles. The maximum absolute atomic E-state index is 5.67. The average molecular weight is 248 g/mol. The zero-order chi connectivity index (χ0) is 13.2. The van der Waals surface area contributed by atoms with Gasteiger partial charge in [0.1, 0.15) is 0 Å². The number of para-hydroxylation sites is 1. The molecular formula is C17H16N2. The minimum absolute atomic E-state index is 0.576. The van der Waals surface area contributed by atoms with Gasteiger partial charge in [0.25, 0.3) is 0 Å². The molecule has 1 aromatic heterocycles. The molecule has 0 fully saturated rings. The van der Waals surface area contributed by atoms with Crippen LogP contribution in [-0.2, 0) is 6.54 Å². The molecule has 0 bridgehead atoms. The standard InChI is InChI=1S/C17H16N2/c1-12-10-13(11-18)6-8-15(12)17-9-7-14-4-2-3-5-16(14)19-17/h2-10H,11,18H2,1H3. The Morgan fingerprint density at radius 2 is 1.84 bits per heavy atom. The normalized spacial score (nSPS) is 10.8. The Morgan fingerprint density at radius 1 is 1.00 bits per heavy atom. The van der Waals surface area contributed by atoms with Crippen LogP contribution in [0.4, 0.5) is 0 Å². The Hall–Kier alpha value is -2.19. The first-order valence-electron chi connectivity index (χ1n) is 6.44. The van der Waals surface area contributed by atoms with Crippen molar-refractivity contribution in [2.24, 2.45) is 5.73 Å². The summed E-state index contributed by atoms with van der Waals surface area (Å²) >= 11 is 0. The van der Waals surface area contributed by atoms with Gasteiger partial charge in [0, 0.05) is 17.5 Å². The van der Waals surface area contributed by atoms with Gasteiger partial charge in [-0.3, -0.25) is 0 Å². The largest absolute Gasteiger partial charge is 0.326 e. The maximum Gasteiger partial charge on any atom is 0.0712 e. The summed E-state index contributed by atoms with van der Waals surface area (Å²) in [6, 6.07) is 18.7. The van der Waals surface area contributed by atoms with E-state index in [1.54, 1.807) is 0 Å². The van der Waals surface area contributed by atoms with E-state index in [0.29, 0.717) is 6.54 Å². The van der Waals surface area contributed by atoms with Crippen LogP contribution in [0.1, 0.15) is 11.1 Å². The van der Waals surface area contributed by atoms with Crippen LogP contribution in [0.5, 0.6) is 0 Å². The third kappa shape index (κ3) is 2.23. The Balaban J connectivity index is 2.13. The van der Waals surface area contributed by atoms with E-state index >= 15 is 0 Å². The van der Waals surface area contributed by atoms with Gasteiger partial charge < -0.3 is 5.73 Å². The van der Waals surface area contributed by atoms with Crippen LogP contribution in [0.15, 0.2) is 54.6 Å². The van der Waals surface area contributed by atoms with Crippen molar-refractivity contribution in [2.75, 3.05) is 0 Å². The first kappa shape index (κ1) is 11.9. The van der Waals surface area contributed by atoms with Gasteiger partial charge in [-0.15, -0.1) is 0 Å². The molecule has 2 aromatic carbocycles. The minimum Gasteiger partial charge on any atom is -0.326 e. The average Bonchev–Trinajstić information content (AvgIpc) is 2.46. The van der Waals surface area contributed by atoms with Crippen molar-refractivity contribution in [3.63, 3.8) is 0 Å². The highest BCUT2D eigenvalue weighted by Gasteiger charge is 2.05. The number of nitrogens with zero attached hydrogens (tertiary/aromatic N) is 1. The predicted octanol–water partition coefficient (Wildman–Crippen LogP) is 3.67. The van der Waals surface area contributed by atoms with Crippen molar-refractivity contribution in [3.05, 3.63) is 65.7 Å². The van der Waals surface area contributed by atoms with Crippen LogP contribution in [0, 0.1) is 6.92 Å². The molecule has 0 aliphatic carbocycles. The number of benzene rings is 2. The molecule has 0 atom stereocenters. The molecule has 3 aromatic rings. The molecule has 94 valence electrons. The maximum atomic E-state index is 5.67. The SMILES string of the molecule is Cc1cc(CN)ccc1-c1ccc2ccccc2n1. The van der Waals surface area contributed by atoms with Crippen molar-refractivity contribution in [1.82, 2.24) is 4.98 Å². The fraction of sp³-hybridized carbons (Fsp3) is 0.118. The topological polar surface area (TPSA) is 38.9 Å². The molecule has 0 aliphatic heterocycles. The lowest BCUT2D eigenvalue weighted by atomic mass is 10.0. The highest BCUT2D eigenvalue weighted by Crippen LogP contribution is 2.24. The van der Waals surface area contributed by atoms with E-state index in [-0.39, 0.29) is 0 Å². The zero-order valence-corrected chi connectivity index (χ0v) is 10.9. The van der Waals surface area contributed by atoms with Gasteiger partial charge in [0.05, 0.1) is 11.2 Å². The van der Waals surface area contributed by atoms with Crippen LogP contribution in [-0.4, -0.2) is 4.98 Å². The van der Waals surface area contributed by atoms with Crippen molar-refractivity contribution in [3.8, 4) is 11.3 Å². The third-order valence-corrected chi connectivity index (χ3v) is 3.40. The lowest BCUT2D eigenvalue weighted by Gasteiger charge is -2.08. The van der Waals surface area contributed by atoms with Gasteiger partial charge in [-0.2, -0.15) is 0 Å². The summed E-state index contributed by atoms with van der Waals surface area (Å²) < 4.78 is 0. The second-order valence-electron chi connectivity index (χ2n) is 4.74. The molecule has 0 radical (unpaired) electrons. The summed E-state index contributed by atoms with van der Waals surface area (Å²) in [6.45, 7) is 2.68. The zero-order valence-electron chi connectivity index (χ0n) is 10.9. The van der Waals surface area contributed by atoms with E-state index in [0.717, 1.165) is 16.8 Å². The molecule has 3 rings (SSSR count). The fourth-order valence-electron chi connectivity index (χ4n) is 2.36. The number of aryl methyl sites for hydroxylation is 1. The first-order valence-corrected chi connectivity index (χ1v) is 6.44. The molecule has 2 nitrogen and oxygen atoms in total. The fourth-order valence-corrected chi connectivity index (χ4v) is 2.36. The van der Waals surface area contributed by atoms with Gasteiger partial charge in [0.15, 0.2) is 0 Å². The number of fused-ring (bicyclic) bond motifs is 1. The Labute approximate surface area is 112 Å². The molecule has 0 amide bonds. The Morgan fingerprint density at radius 3 is 2.63 bits per heavy atom. The monoisotopic (exact) mass is 248 g/mol. The summed E-state index contributed by atoms with van der Waals surface area (Å²) in [7, 11) is 0. The van der Waals surface area contributed by atoms with Crippen LogP contribution in [0.3, 0.4) is 0 Å². The van der Waals surface area contributed by atoms with Gasteiger partial charge in [0.2, 0.25) is 0 Å². The quantitative estimate of drug-likeness (QED) is 0.751. The van der Waals surface area contributed by atoms with E-state index in [4.69, 9.17) is 10.7 Å². The molecule has 19 heavy (non-hydrogen) atoms. The van der Waals surface area contributed by atoms with Crippen LogP contribution >= 0.6 is 0 Å². The summed E-state index contributed by atoms with van der Waals surface area (Å²) in [5.41, 5.74) is 11.2. The van der Waals surface area contributed by atoms with Crippen LogP contribution in [0.2, 0.25) is 0 Å². The predicted molar refractivity (Wildman–Crippen MR) is 79.8 cm³/mol. The van der Waals surface area contributed by atoms with E-state index in [1.165, 1.54) is 16.5 Å². The molecule has 0 unspecified atom stereocenters. The van der Waals surface area contributed by atoms with Gasteiger partial charge >= 0.3 is 0 Å². The molecular weight excluding hydrogens is 232 g/mol.